The first-order chi connectivity index (χ1) is 9.60. The molecule has 0 spiro atoms. The van der Waals surface area contributed by atoms with Crippen LogP contribution in [-0.2, 0) is 13.2 Å². The molecule has 2 N–H and O–H groups in total. The molecule has 0 bridgehead atoms. The van der Waals surface area contributed by atoms with E-state index in [0.717, 1.165) is 17.3 Å². The molecule has 2 aromatic carbocycles. The summed E-state index contributed by atoms with van der Waals surface area (Å²) in [5, 5.41) is 22.7. The Kier molecular flexibility index (Phi) is 4.27. The van der Waals surface area contributed by atoms with Gasteiger partial charge in [0.15, 0.2) is 0 Å². The first-order valence-electron chi connectivity index (χ1n) is 5.96. The lowest BCUT2D eigenvalue weighted by atomic mass is 10.1. The number of nitro benzene ring substituents is 1. The highest BCUT2D eigenvalue weighted by Crippen LogP contribution is 2.19. The number of hydrogen-bond donors (Lipinski definition) is 2. The Morgan fingerprint density at radius 2 is 2.00 bits per heavy atom. The minimum atomic E-state index is -0.846. The smallest absolute Gasteiger partial charge is 0.305 e. The molecule has 0 aliphatic carbocycles. The molecule has 0 aliphatic rings. The fraction of sp³-hybridized carbons (Fsp3) is 0.143. The average Bonchev–Trinajstić information content (AvgIpc) is 2.46. The van der Waals surface area contributed by atoms with Crippen molar-refractivity contribution in [1.29, 1.82) is 0 Å². The first kappa shape index (κ1) is 14.0. The second-order valence-electron chi connectivity index (χ2n) is 4.25. The summed E-state index contributed by atoms with van der Waals surface area (Å²) in [6, 6.07) is 11.0. The van der Waals surface area contributed by atoms with E-state index in [4.69, 9.17) is 5.11 Å². The monoisotopic (exact) mass is 276 g/mol. The topological polar surface area (TPSA) is 75.4 Å². The van der Waals surface area contributed by atoms with Crippen LogP contribution < -0.4 is 5.32 Å². The summed E-state index contributed by atoms with van der Waals surface area (Å²) in [5.74, 6) is -0.846. The summed E-state index contributed by atoms with van der Waals surface area (Å²) in [5.41, 5.74) is 1.62. The van der Waals surface area contributed by atoms with Gasteiger partial charge in [-0.15, -0.1) is 0 Å². The molecule has 2 rings (SSSR count). The second kappa shape index (κ2) is 6.12. The molecule has 0 unspecified atom stereocenters. The highest BCUT2D eigenvalue weighted by molar-refractivity contribution is 5.47. The third-order valence-electron chi connectivity index (χ3n) is 2.81. The van der Waals surface area contributed by atoms with E-state index >= 15 is 0 Å². The van der Waals surface area contributed by atoms with Gasteiger partial charge in [-0.25, -0.2) is 0 Å². The van der Waals surface area contributed by atoms with Crippen LogP contribution in [-0.4, -0.2) is 10.0 Å². The van der Waals surface area contributed by atoms with E-state index in [0.29, 0.717) is 12.1 Å². The maximum absolute atomic E-state index is 13.2. The third kappa shape index (κ3) is 3.30. The molecule has 20 heavy (non-hydrogen) atoms. The lowest BCUT2D eigenvalue weighted by Crippen LogP contribution is -2.01. The predicted octanol–water partition coefficient (Wildman–Crippen LogP) is 2.84. The van der Waals surface area contributed by atoms with Crippen molar-refractivity contribution in [2.45, 2.75) is 13.2 Å². The maximum atomic E-state index is 13.2. The average molecular weight is 276 g/mol. The molecule has 0 aromatic heterocycles. The molecule has 5 nitrogen and oxygen atoms in total. The molecule has 0 fully saturated rings. The summed E-state index contributed by atoms with van der Waals surface area (Å²) >= 11 is 0. The Balaban J connectivity index is 2.10. The number of nitrogens with zero attached hydrogens (tertiary/aromatic N) is 1. The standard InChI is InChI=1S/C14H13FN2O3/c15-13-5-4-10(7-14(13)17(19)20)8-16-12-3-1-2-11(6-12)9-18/h1-7,16,18H,8-9H2. The van der Waals surface area contributed by atoms with Crippen molar-refractivity contribution in [3.63, 3.8) is 0 Å². The van der Waals surface area contributed by atoms with Gasteiger partial charge < -0.3 is 10.4 Å². The van der Waals surface area contributed by atoms with E-state index in [9.17, 15) is 14.5 Å². The molecular formula is C14H13FN2O3. The minimum absolute atomic E-state index is 0.0580. The number of aliphatic hydroxyl groups excluding tert-OH is 1. The van der Waals surface area contributed by atoms with Gasteiger partial charge >= 0.3 is 5.69 Å². The zero-order valence-electron chi connectivity index (χ0n) is 10.5. The largest absolute Gasteiger partial charge is 0.392 e. The molecule has 0 radical (unpaired) electrons. The zero-order valence-corrected chi connectivity index (χ0v) is 10.5. The maximum Gasteiger partial charge on any atom is 0.305 e. The number of rotatable bonds is 5. The van der Waals surface area contributed by atoms with Crippen molar-refractivity contribution in [2.75, 3.05) is 5.32 Å². The van der Waals surface area contributed by atoms with Gasteiger partial charge in [0.05, 0.1) is 11.5 Å². The fourth-order valence-corrected chi connectivity index (χ4v) is 1.79. The number of halogens is 1. The molecule has 2 aromatic rings. The molecule has 0 amide bonds. The van der Waals surface area contributed by atoms with E-state index in [1.165, 1.54) is 12.1 Å². The number of nitrogens with one attached hydrogen (secondary N) is 1. The van der Waals surface area contributed by atoms with Crippen LogP contribution in [0.5, 0.6) is 0 Å². The number of benzene rings is 2. The Hall–Kier alpha value is -2.47. The normalized spacial score (nSPS) is 10.3. The summed E-state index contributed by atoms with van der Waals surface area (Å²) in [7, 11) is 0. The Labute approximate surface area is 114 Å². The van der Waals surface area contributed by atoms with Crippen molar-refractivity contribution < 1.29 is 14.4 Å². The van der Waals surface area contributed by atoms with E-state index < -0.39 is 16.4 Å². The van der Waals surface area contributed by atoms with E-state index in [1.54, 1.807) is 18.2 Å². The van der Waals surface area contributed by atoms with Crippen LogP contribution in [0.2, 0.25) is 0 Å². The van der Waals surface area contributed by atoms with Gasteiger partial charge in [0.25, 0.3) is 0 Å². The summed E-state index contributed by atoms with van der Waals surface area (Å²) in [6.07, 6.45) is 0. The van der Waals surface area contributed by atoms with Crippen molar-refractivity contribution in [2.24, 2.45) is 0 Å². The zero-order chi connectivity index (χ0) is 14.5. The molecule has 0 atom stereocenters. The minimum Gasteiger partial charge on any atom is -0.392 e. The van der Waals surface area contributed by atoms with Crippen LogP contribution in [0, 0.1) is 15.9 Å². The van der Waals surface area contributed by atoms with Crippen LogP contribution in [0.4, 0.5) is 15.8 Å². The first-order valence-corrected chi connectivity index (χ1v) is 5.96. The lowest BCUT2D eigenvalue weighted by molar-refractivity contribution is -0.387. The van der Waals surface area contributed by atoms with Crippen molar-refractivity contribution >= 4 is 11.4 Å². The van der Waals surface area contributed by atoms with Crippen LogP contribution >= 0.6 is 0 Å². The second-order valence-corrected chi connectivity index (χ2v) is 4.25. The van der Waals surface area contributed by atoms with Crippen LogP contribution in [0.3, 0.4) is 0 Å². The Bertz CT molecular complexity index is 632. The molecule has 0 aliphatic heterocycles. The van der Waals surface area contributed by atoms with Gasteiger partial charge in [-0.05, 0) is 29.3 Å². The van der Waals surface area contributed by atoms with Gasteiger partial charge in [-0.2, -0.15) is 4.39 Å². The van der Waals surface area contributed by atoms with Gasteiger partial charge in [0.1, 0.15) is 0 Å². The molecule has 0 saturated carbocycles. The summed E-state index contributed by atoms with van der Waals surface area (Å²) in [6.45, 7) is 0.271. The fourth-order valence-electron chi connectivity index (χ4n) is 1.79. The molecule has 104 valence electrons. The van der Waals surface area contributed by atoms with Crippen molar-refractivity contribution in [3.05, 3.63) is 69.5 Å². The Morgan fingerprint density at radius 1 is 1.20 bits per heavy atom. The van der Waals surface area contributed by atoms with Crippen LogP contribution in [0.1, 0.15) is 11.1 Å². The number of aliphatic hydroxyl groups is 1. The van der Waals surface area contributed by atoms with Gasteiger partial charge in [0.2, 0.25) is 5.82 Å². The van der Waals surface area contributed by atoms with Gasteiger partial charge in [-0.1, -0.05) is 18.2 Å². The molecular weight excluding hydrogens is 263 g/mol. The lowest BCUT2D eigenvalue weighted by Gasteiger charge is -2.08. The van der Waals surface area contributed by atoms with Crippen molar-refractivity contribution in [3.8, 4) is 0 Å². The molecule has 6 heteroatoms. The Morgan fingerprint density at radius 3 is 2.70 bits per heavy atom. The van der Waals surface area contributed by atoms with Crippen molar-refractivity contribution in [1.82, 2.24) is 0 Å². The highest BCUT2D eigenvalue weighted by Gasteiger charge is 2.13. The SMILES string of the molecule is O=[N+]([O-])c1cc(CNc2cccc(CO)c2)ccc1F. The number of hydrogen-bond acceptors (Lipinski definition) is 4. The summed E-state index contributed by atoms with van der Waals surface area (Å²) < 4.78 is 13.2. The van der Waals surface area contributed by atoms with Gasteiger partial charge in [0, 0.05) is 18.3 Å². The third-order valence-corrected chi connectivity index (χ3v) is 2.81. The van der Waals surface area contributed by atoms with Crippen LogP contribution in [0.25, 0.3) is 0 Å². The quantitative estimate of drug-likeness (QED) is 0.650. The number of anilines is 1. The molecule has 0 saturated heterocycles. The van der Waals surface area contributed by atoms with E-state index in [2.05, 4.69) is 5.32 Å². The highest BCUT2D eigenvalue weighted by atomic mass is 19.1. The summed E-state index contributed by atoms with van der Waals surface area (Å²) in [4.78, 5) is 9.90. The van der Waals surface area contributed by atoms with Crippen LogP contribution in [0.15, 0.2) is 42.5 Å². The number of nitro groups is 1. The van der Waals surface area contributed by atoms with Gasteiger partial charge in [-0.3, -0.25) is 10.1 Å². The molecule has 0 heterocycles. The predicted molar refractivity (Wildman–Crippen MR) is 72.7 cm³/mol. The van der Waals surface area contributed by atoms with E-state index in [1.807, 2.05) is 6.07 Å². The van der Waals surface area contributed by atoms with E-state index in [-0.39, 0.29) is 6.61 Å².